The van der Waals surface area contributed by atoms with E-state index in [1.165, 1.54) is 4.90 Å². The SMILES string of the molecule is Cc1cc(Cl)ccc1OCC(=O)N1C[C@@H](O)[C@H](F)C1. The summed E-state index contributed by atoms with van der Waals surface area (Å²) >= 11 is 5.82. The summed E-state index contributed by atoms with van der Waals surface area (Å²) in [6, 6.07) is 5.09. The highest BCUT2D eigenvalue weighted by molar-refractivity contribution is 6.30. The van der Waals surface area contributed by atoms with Crippen LogP contribution in [0.25, 0.3) is 0 Å². The molecule has 19 heavy (non-hydrogen) atoms. The molecule has 4 nitrogen and oxygen atoms in total. The molecular formula is C13H15ClFNO3. The van der Waals surface area contributed by atoms with E-state index in [2.05, 4.69) is 0 Å². The molecule has 2 rings (SSSR count). The number of hydrogen-bond donors (Lipinski definition) is 1. The number of nitrogens with zero attached hydrogens (tertiary/aromatic N) is 1. The Bertz CT molecular complexity index is 473. The highest BCUT2D eigenvalue weighted by Gasteiger charge is 2.33. The van der Waals surface area contributed by atoms with Gasteiger partial charge in [-0.2, -0.15) is 0 Å². The van der Waals surface area contributed by atoms with E-state index in [4.69, 9.17) is 16.3 Å². The van der Waals surface area contributed by atoms with Crippen LogP contribution in [0, 0.1) is 6.92 Å². The number of hydrogen-bond acceptors (Lipinski definition) is 3. The van der Waals surface area contributed by atoms with E-state index >= 15 is 0 Å². The van der Waals surface area contributed by atoms with Gasteiger partial charge in [-0.05, 0) is 30.7 Å². The molecule has 0 saturated carbocycles. The predicted molar refractivity (Wildman–Crippen MR) is 69.2 cm³/mol. The third-order valence-corrected chi connectivity index (χ3v) is 3.30. The number of likely N-dealkylation sites (tertiary alicyclic amines) is 1. The molecule has 6 heteroatoms. The largest absolute Gasteiger partial charge is 0.483 e. The van der Waals surface area contributed by atoms with E-state index in [1.807, 2.05) is 6.92 Å². The number of ether oxygens (including phenoxy) is 1. The molecule has 0 bridgehead atoms. The van der Waals surface area contributed by atoms with Gasteiger partial charge in [0.1, 0.15) is 18.0 Å². The molecule has 2 atom stereocenters. The first-order valence-electron chi connectivity index (χ1n) is 5.96. The third-order valence-electron chi connectivity index (χ3n) is 3.06. The standard InChI is InChI=1S/C13H15ClFNO3/c1-8-4-9(14)2-3-12(8)19-7-13(18)16-5-10(15)11(17)6-16/h2-4,10-11,17H,5-7H2,1H3/t10-,11-/m1/s1. The van der Waals surface area contributed by atoms with Crippen molar-refractivity contribution in [1.29, 1.82) is 0 Å². The van der Waals surface area contributed by atoms with Crippen LogP contribution in [0.5, 0.6) is 5.75 Å². The number of alkyl halides is 1. The van der Waals surface area contributed by atoms with Crippen molar-refractivity contribution < 1.29 is 19.0 Å². The Morgan fingerprint density at radius 2 is 2.32 bits per heavy atom. The van der Waals surface area contributed by atoms with Gasteiger partial charge in [-0.3, -0.25) is 4.79 Å². The van der Waals surface area contributed by atoms with Gasteiger partial charge in [-0.25, -0.2) is 4.39 Å². The van der Waals surface area contributed by atoms with Gasteiger partial charge >= 0.3 is 0 Å². The molecule has 1 aromatic rings. The Morgan fingerprint density at radius 3 is 2.89 bits per heavy atom. The Hall–Kier alpha value is -1.33. The van der Waals surface area contributed by atoms with Crippen molar-refractivity contribution in [2.45, 2.75) is 19.2 Å². The Kier molecular flexibility index (Phi) is 4.27. The molecule has 0 aliphatic carbocycles. The van der Waals surface area contributed by atoms with Crippen LogP contribution < -0.4 is 4.74 Å². The predicted octanol–water partition coefficient (Wildman–Crippen LogP) is 1.57. The Labute approximate surface area is 115 Å². The molecule has 1 saturated heterocycles. The minimum atomic E-state index is -1.37. The smallest absolute Gasteiger partial charge is 0.260 e. The number of carbonyl (C=O) groups excluding carboxylic acids is 1. The minimum Gasteiger partial charge on any atom is -0.483 e. The van der Waals surface area contributed by atoms with Crippen LogP contribution in [0.1, 0.15) is 5.56 Å². The zero-order valence-electron chi connectivity index (χ0n) is 10.5. The van der Waals surface area contributed by atoms with Crippen LogP contribution in [0.4, 0.5) is 4.39 Å². The number of amides is 1. The van der Waals surface area contributed by atoms with Crippen molar-refractivity contribution in [1.82, 2.24) is 4.90 Å². The summed E-state index contributed by atoms with van der Waals surface area (Å²) in [6.45, 7) is 1.58. The van der Waals surface area contributed by atoms with E-state index < -0.39 is 12.3 Å². The maximum Gasteiger partial charge on any atom is 0.260 e. The number of halogens is 2. The lowest BCUT2D eigenvalue weighted by Gasteiger charge is -2.16. The zero-order chi connectivity index (χ0) is 14.0. The Balaban J connectivity index is 1.90. The Morgan fingerprint density at radius 1 is 1.58 bits per heavy atom. The topological polar surface area (TPSA) is 49.8 Å². The lowest BCUT2D eigenvalue weighted by atomic mass is 10.2. The highest BCUT2D eigenvalue weighted by Crippen LogP contribution is 2.22. The molecule has 1 amide bonds. The normalized spacial score (nSPS) is 22.6. The summed E-state index contributed by atoms with van der Waals surface area (Å²) in [4.78, 5) is 13.0. The average Bonchev–Trinajstić information content (AvgIpc) is 2.68. The van der Waals surface area contributed by atoms with Crippen molar-refractivity contribution in [3.05, 3.63) is 28.8 Å². The van der Waals surface area contributed by atoms with Crippen LogP contribution in [-0.4, -0.2) is 47.9 Å². The molecule has 1 fully saturated rings. The fourth-order valence-electron chi connectivity index (χ4n) is 1.96. The summed E-state index contributed by atoms with van der Waals surface area (Å²) in [5.74, 6) is 0.225. The number of rotatable bonds is 3. The van der Waals surface area contributed by atoms with Crippen molar-refractivity contribution in [2.75, 3.05) is 19.7 Å². The van der Waals surface area contributed by atoms with Crippen molar-refractivity contribution in [3.63, 3.8) is 0 Å². The number of benzene rings is 1. The van der Waals surface area contributed by atoms with Crippen molar-refractivity contribution >= 4 is 17.5 Å². The first-order valence-corrected chi connectivity index (χ1v) is 6.34. The van der Waals surface area contributed by atoms with Gasteiger partial charge in [-0.15, -0.1) is 0 Å². The van der Waals surface area contributed by atoms with Crippen molar-refractivity contribution in [3.8, 4) is 5.75 Å². The number of aryl methyl sites for hydroxylation is 1. The maximum absolute atomic E-state index is 13.1. The summed E-state index contributed by atoms with van der Waals surface area (Å²) in [6.07, 6.45) is -2.47. The van der Waals surface area contributed by atoms with Gasteiger partial charge in [0, 0.05) is 11.6 Å². The molecule has 0 radical (unpaired) electrons. The maximum atomic E-state index is 13.1. The molecular weight excluding hydrogens is 273 g/mol. The summed E-state index contributed by atoms with van der Waals surface area (Å²) < 4.78 is 18.5. The number of carbonyl (C=O) groups is 1. The first kappa shape index (κ1) is 14.1. The molecule has 1 N–H and O–H groups in total. The number of aliphatic hydroxyl groups is 1. The van der Waals surface area contributed by atoms with E-state index in [1.54, 1.807) is 18.2 Å². The van der Waals surface area contributed by atoms with E-state index in [-0.39, 0.29) is 25.6 Å². The molecule has 1 heterocycles. The van der Waals surface area contributed by atoms with Gasteiger partial charge in [0.05, 0.1) is 6.54 Å². The quantitative estimate of drug-likeness (QED) is 0.918. The first-order chi connectivity index (χ1) is 8.97. The van der Waals surface area contributed by atoms with Crippen LogP contribution in [0.3, 0.4) is 0 Å². The average molecular weight is 288 g/mol. The second kappa shape index (κ2) is 5.75. The summed E-state index contributed by atoms with van der Waals surface area (Å²) in [7, 11) is 0. The molecule has 1 aliphatic heterocycles. The van der Waals surface area contributed by atoms with Crippen molar-refractivity contribution in [2.24, 2.45) is 0 Å². The van der Waals surface area contributed by atoms with E-state index in [9.17, 15) is 14.3 Å². The second-order valence-corrected chi connectivity index (χ2v) is 5.02. The second-order valence-electron chi connectivity index (χ2n) is 4.58. The fourth-order valence-corrected chi connectivity index (χ4v) is 2.18. The lowest BCUT2D eigenvalue weighted by molar-refractivity contribution is -0.132. The fraction of sp³-hybridized carbons (Fsp3) is 0.462. The van der Waals surface area contributed by atoms with Gasteiger partial charge in [-0.1, -0.05) is 11.6 Å². The van der Waals surface area contributed by atoms with Gasteiger partial charge in [0.25, 0.3) is 5.91 Å². The van der Waals surface area contributed by atoms with Crippen LogP contribution in [-0.2, 0) is 4.79 Å². The van der Waals surface area contributed by atoms with Gasteiger partial charge < -0.3 is 14.7 Å². The summed E-state index contributed by atoms with van der Waals surface area (Å²) in [5.41, 5.74) is 0.824. The van der Waals surface area contributed by atoms with Gasteiger partial charge in [0.15, 0.2) is 6.61 Å². The minimum absolute atomic E-state index is 0.0168. The van der Waals surface area contributed by atoms with Crippen LogP contribution >= 0.6 is 11.6 Å². The zero-order valence-corrected chi connectivity index (χ0v) is 11.2. The summed E-state index contributed by atoms with van der Waals surface area (Å²) in [5, 5.41) is 9.85. The molecule has 0 unspecified atom stereocenters. The molecule has 104 valence electrons. The number of aliphatic hydroxyl groups excluding tert-OH is 1. The molecule has 1 aliphatic rings. The van der Waals surface area contributed by atoms with Crippen LogP contribution in [0.15, 0.2) is 18.2 Å². The van der Waals surface area contributed by atoms with Crippen LogP contribution in [0.2, 0.25) is 5.02 Å². The molecule has 0 aromatic heterocycles. The molecule has 0 spiro atoms. The third kappa shape index (κ3) is 3.36. The monoisotopic (exact) mass is 287 g/mol. The van der Waals surface area contributed by atoms with Gasteiger partial charge in [0.2, 0.25) is 0 Å². The lowest BCUT2D eigenvalue weighted by Crippen LogP contribution is -2.33. The van der Waals surface area contributed by atoms with E-state index in [0.29, 0.717) is 10.8 Å². The molecule has 1 aromatic carbocycles. The highest BCUT2D eigenvalue weighted by atomic mass is 35.5. The van der Waals surface area contributed by atoms with E-state index in [0.717, 1.165) is 5.56 Å². The number of β-amino-alcohol motifs (C(OH)–C–C–N with tert-alkyl or cyclic N) is 1.